The van der Waals surface area contributed by atoms with Gasteiger partial charge in [-0.15, -0.1) is 0 Å². The van der Waals surface area contributed by atoms with Gasteiger partial charge in [0.2, 0.25) is 0 Å². The molecular formula is C17H21N3. The van der Waals surface area contributed by atoms with Crippen molar-refractivity contribution in [2.75, 3.05) is 11.4 Å². The summed E-state index contributed by atoms with van der Waals surface area (Å²) in [5.41, 5.74) is 5.18. The Balaban J connectivity index is 1.97. The van der Waals surface area contributed by atoms with Crippen LogP contribution in [0.25, 0.3) is 11.1 Å². The molecule has 1 aromatic heterocycles. The van der Waals surface area contributed by atoms with E-state index in [0.29, 0.717) is 6.04 Å². The standard InChI is InChI=1S/C17H21N3/c1-3-13(2)20-8-4-5-15-9-14(6-7-17(15)20)16-10-18-12-19-11-16/h6-7,9-13H,3-5,8H2,1-2H3. The fraction of sp³-hybridized carbons (Fsp3) is 0.412. The van der Waals surface area contributed by atoms with Gasteiger partial charge in [-0.05, 0) is 49.4 Å². The summed E-state index contributed by atoms with van der Waals surface area (Å²) in [6.07, 6.45) is 8.93. The molecule has 0 saturated heterocycles. The summed E-state index contributed by atoms with van der Waals surface area (Å²) >= 11 is 0. The van der Waals surface area contributed by atoms with Crippen LogP contribution in [0.5, 0.6) is 0 Å². The van der Waals surface area contributed by atoms with Gasteiger partial charge in [0, 0.05) is 36.2 Å². The number of benzene rings is 1. The first-order chi connectivity index (χ1) is 9.79. The predicted molar refractivity (Wildman–Crippen MR) is 82.9 cm³/mol. The number of aromatic nitrogens is 2. The van der Waals surface area contributed by atoms with Crippen molar-refractivity contribution in [1.29, 1.82) is 0 Å². The van der Waals surface area contributed by atoms with Gasteiger partial charge in [0.05, 0.1) is 0 Å². The first-order valence-corrected chi connectivity index (χ1v) is 7.44. The van der Waals surface area contributed by atoms with E-state index in [2.05, 4.69) is 46.9 Å². The molecule has 0 fully saturated rings. The summed E-state index contributed by atoms with van der Waals surface area (Å²) in [4.78, 5) is 10.8. The van der Waals surface area contributed by atoms with Gasteiger partial charge >= 0.3 is 0 Å². The van der Waals surface area contributed by atoms with Crippen LogP contribution < -0.4 is 4.90 Å². The summed E-state index contributed by atoms with van der Waals surface area (Å²) < 4.78 is 0. The van der Waals surface area contributed by atoms with E-state index in [0.717, 1.165) is 5.56 Å². The van der Waals surface area contributed by atoms with Crippen LogP contribution in [0.4, 0.5) is 5.69 Å². The molecule has 2 heterocycles. The molecule has 1 atom stereocenters. The molecule has 1 aliphatic rings. The van der Waals surface area contributed by atoms with E-state index in [1.165, 1.54) is 42.6 Å². The van der Waals surface area contributed by atoms with Crippen molar-refractivity contribution in [3.05, 3.63) is 42.5 Å². The zero-order valence-electron chi connectivity index (χ0n) is 12.2. The topological polar surface area (TPSA) is 29.0 Å². The molecule has 0 bridgehead atoms. The molecule has 0 N–H and O–H groups in total. The summed E-state index contributed by atoms with van der Waals surface area (Å²) in [7, 11) is 0. The van der Waals surface area contributed by atoms with E-state index in [9.17, 15) is 0 Å². The third-order valence-electron chi connectivity index (χ3n) is 4.25. The highest BCUT2D eigenvalue weighted by atomic mass is 15.2. The number of nitrogens with zero attached hydrogens (tertiary/aromatic N) is 3. The van der Waals surface area contributed by atoms with Crippen LogP contribution in [-0.2, 0) is 6.42 Å². The van der Waals surface area contributed by atoms with Crippen molar-refractivity contribution in [3.63, 3.8) is 0 Å². The minimum absolute atomic E-state index is 0.611. The van der Waals surface area contributed by atoms with Crippen LogP contribution in [0.3, 0.4) is 0 Å². The fourth-order valence-electron chi connectivity index (χ4n) is 2.93. The minimum atomic E-state index is 0.611. The first-order valence-electron chi connectivity index (χ1n) is 7.44. The molecular weight excluding hydrogens is 246 g/mol. The third kappa shape index (κ3) is 2.40. The Morgan fingerprint density at radius 3 is 2.75 bits per heavy atom. The Morgan fingerprint density at radius 1 is 1.20 bits per heavy atom. The second kappa shape index (κ2) is 5.61. The fourth-order valence-corrected chi connectivity index (χ4v) is 2.93. The van der Waals surface area contributed by atoms with Crippen LogP contribution in [0.1, 0.15) is 32.3 Å². The van der Waals surface area contributed by atoms with Crippen LogP contribution in [0, 0.1) is 0 Å². The molecule has 0 spiro atoms. The van der Waals surface area contributed by atoms with Gasteiger partial charge in [-0.25, -0.2) is 9.97 Å². The highest BCUT2D eigenvalue weighted by Crippen LogP contribution is 2.32. The highest BCUT2D eigenvalue weighted by Gasteiger charge is 2.20. The predicted octanol–water partition coefficient (Wildman–Crippen LogP) is 3.69. The van der Waals surface area contributed by atoms with Gasteiger partial charge in [0.1, 0.15) is 6.33 Å². The van der Waals surface area contributed by atoms with Crippen molar-refractivity contribution in [1.82, 2.24) is 9.97 Å². The largest absolute Gasteiger partial charge is 0.369 e. The molecule has 1 unspecified atom stereocenters. The van der Waals surface area contributed by atoms with Gasteiger partial charge in [0.25, 0.3) is 0 Å². The number of fused-ring (bicyclic) bond motifs is 1. The molecule has 0 aliphatic carbocycles. The van der Waals surface area contributed by atoms with E-state index >= 15 is 0 Å². The van der Waals surface area contributed by atoms with Crippen LogP contribution in [0.2, 0.25) is 0 Å². The minimum Gasteiger partial charge on any atom is -0.369 e. The summed E-state index contributed by atoms with van der Waals surface area (Å²) in [5.74, 6) is 0. The van der Waals surface area contributed by atoms with Gasteiger partial charge < -0.3 is 4.90 Å². The lowest BCUT2D eigenvalue weighted by Crippen LogP contribution is -2.36. The van der Waals surface area contributed by atoms with Crippen LogP contribution in [-0.4, -0.2) is 22.6 Å². The lowest BCUT2D eigenvalue weighted by molar-refractivity contribution is 0.580. The lowest BCUT2D eigenvalue weighted by atomic mass is 9.96. The molecule has 0 amide bonds. The molecule has 3 nitrogen and oxygen atoms in total. The Hall–Kier alpha value is -1.90. The van der Waals surface area contributed by atoms with Gasteiger partial charge in [-0.2, -0.15) is 0 Å². The summed E-state index contributed by atoms with van der Waals surface area (Å²) in [6.45, 7) is 5.75. The second-order valence-electron chi connectivity index (χ2n) is 5.52. The highest BCUT2D eigenvalue weighted by molar-refractivity contribution is 5.68. The van der Waals surface area contributed by atoms with Crippen molar-refractivity contribution in [2.45, 2.75) is 39.2 Å². The number of hydrogen-bond donors (Lipinski definition) is 0. The third-order valence-corrected chi connectivity index (χ3v) is 4.25. The van der Waals surface area contributed by atoms with Crippen LogP contribution in [0.15, 0.2) is 36.9 Å². The van der Waals surface area contributed by atoms with Crippen LogP contribution >= 0.6 is 0 Å². The van der Waals surface area contributed by atoms with E-state index in [4.69, 9.17) is 0 Å². The zero-order chi connectivity index (χ0) is 13.9. The normalized spacial score (nSPS) is 15.8. The number of anilines is 1. The van der Waals surface area contributed by atoms with Crippen molar-refractivity contribution < 1.29 is 0 Å². The number of rotatable bonds is 3. The Kier molecular flexibility index (Phi) is 3.68. The van der Waals surface area contributed by atoms with Gasteiger partial charge in [-0.1, -0.05) is 13.0 Å². The number of hydrogen-bond acceptors (Lipinski definition) is 3. The Bertz CT molecular complexity index is 580. The maximum atomic E-state index is 4.11. The lowest BCUT2D eigenvalue weighted by Gasteiger charge is -2.36. The second-order valence-corrected chi connectivity index (χ2v) is 5.52. The quantitative estimate of drug-likeness (QED) is 0.849. The maximum absolute atomic E-state index is 4.11. The Labute approximate surface area is 120 Å². The molecule has 2 aromatic rings. The molecule has 3 heteroatoms. The molecule has 20 heavy (non-hydrogen) atoms. The SMILES string of the molecule is CCC(C)N1CCCc2cc(-c3cncnc3)ccc21. The molecule has 0 radical (unpaired) electrons. The maximum Gasteiger partial charge on any atom is 0.115 e. The average Bonchev–Trinajstić information content (AvgIpc) is 2.54. The van der Waals surface area contributed by atoms with E-state index in [-0.39, 0.29) is 0 Å². The molecule has 0 saturated carbocycles. The first kappa shape index (κ1) is 13.1. The number of aryl methyl sites for hydroxylation is 1. The van der Waals surface area contributed by atoms with E-state index < -0.39 is 0 Å². The summed E-state index contributed by atoms with van der Waals surface area (Å²) in [6, 6.07) is 7.38. The van der Waals surface area contributed by atoms with Gasteiger partial charge in [0.15, 0.2) is 0 Å². The monoisotopic (exact) mass is 267 g/mol. The van der Waals surface area contributed by atoms with Gasteiger partial charge in [-0.3, -0.25) is 0 Å². The smallest absolute Gasteiger partial charge is 0.115 e. The van der Waals surface area contributed by atoms with E-state index in [1.807, 2.05) is 12.4 Å². The van der Waals surface area contributed by atoms with Crippen molar-refractivity contribution in [3.8, 4) is 11.1 Å². The van der Waals surface area contributed by atoms with Crippen molar-refractivity contribution in [2.24, 2.45) is 0 Å². The average molecular weight is 267 g/mol. The Morgan fingerprint density at radius 2 is 2.00 bits per heavy atom. The molecule has 1 aromatic carbocycles. The summed E-state index contributed by atoms with van der Waals surface area (Å²) in [5, 5.41) is 0. The molecule has 3 rings (SSSR count). The zero-order valence-corrected chi connectivity index (χ0v) is 12.2. The molecule has 104 valence electrons. The molecule has 1 aliphatic heterocycles. The van der Waals surface area contributed by atoms with E-state index in [1.54, 1.807) is 6.33 Å². The van der Waals surface area contributed by atoms with Crippen molar-refractivity contribution >= 4 is 5.69 Å².